The first kappa shape index (κ1) is 17.9. The second kappa shape index (κ2) is 7.44. The minimum absolute atomic E-state index is 0.148. The van der Waals surface area contributed by atoms with Crippen molar-refractivity contribution in [3.63, 3.8) is 0 Å². The molecule has 2 rings (SSSR count). The summed E-state index contributed by atoms with van der Waals surface area (Å²) in [5.74, 6) is -1.25. The first-order valence-corrected chi connectivity index (χ1v) is 8.02. The number of Topliss-reactive ketones (excluding diaryl/α,β-unsaturated/α-hetero) is 1. The molecule has 1 N–H and O–H groups in total. The molecule has 2 aromatic rings. The van der Waals surface area contributed by atoms with Crippen LogP contribution in [-0.2, 0) is 16.6 Å². The molecule has 0 radical (unpaired) electrons. The van der Waals surface area contributed by atoms with Crippen molar-refractivity contribution in [2.45, 2.75) is 20.0 Å². The van der Waals surface area contributed by atoms with Crippen molar-refractivity contribution in [1.29, 1.82) is 0 Å². The van der Waals surface area contributed by atoms with Crippen LogP contribution in [0.5, 0.6) is 0 Å². The summed E-state index contributed by atoms with van der Waals surface area (Å²) in [4.78, 5) is 35.6. The van der Waals surface area contributed by atoms with E-state index in [0.29, 0.717) is 11.3 Å². The number of anilines is 1. The van der Waals surface area contributed by atoms with Crippen molar-refractivity contribution >= 4 is 39.3 Å². The van der Waals surface area contributed by atoms with E-state index in [1.165, 1.54) is 24.5 Å². The van der Waals surface area contributed by atoms with Crippen molar-refractivity contribution in [3.8, 4) is 0 Å². The van der Waals surface area contributed by atoms with Gasteiger partial charge in [0.05, 0.1) is 0 Å². The lowest BCUT2D eigenvalue weighted by Crippen LogP contribution is -2.30. The summed E-state index contributed by atoms with van der Waals surface area (Å²) in [6.45, 7) is 2.90. The molecule has 0 bridgehead atoms. The zero-order valence-corrected chi connectivity index (χ0v) is 15.1. The van der Waals surface area contributed by atoms with Crippen molar-refractivity contribution in [2.24, 2.45) is 7.05 Å². The van der Waals surface area contributed by atoms with Gasteiger partial charge in [-0.1, -0.05) is 15.9 Å². The summed E-state index contributed by atoms with van der Waals surface area (Å²) in [6, 6.07) is 8.49. The van der Waals surface area contributed by atoms with Crippen LogP contribution in [0.2, 0.25) is 0 Å². The van der Waals surface area contributed by atoms with Crippen LogP contribution in [0.1, 0.15) is 34.7 Å². The van der Waals surface area contributed by atoms with E-state index in [9.17, 15) is 14.4 Å². The van der Waals surface area contributed by atoms with Crippen molar-refractivity contribution in [3.05, 3.63) is 52.3 Å². The zero-order chi connectivity index (χ0) is 17.9. The van der Waals surface area contributed by atoms with Gasteiger partial charge in [0, 0.05) is 29.0 Å². The highest BCUT2D eigenvalue weighted by Crippen LogP contribution is 2.15. The van der Waals surface area contributed by atoms with E-state index in [-0.39, 0.29) is 11.5 Å². The lowest BCUT2D eigenvalue weighted by molar-refractivity contribution is -0.123. The molecule has 0 aliphatic heterocycles. The van der Waals surface area contributed by atoms with Gasteiger partial charge in [0.25, 0.3) is 5.91 Å². The first-order valence-electron chi connectivity index (χ1n) is 7.22. The van der Waals surface area contributed by atoms with Crippen LogP contribution in [-0.4, -0.2) is 28.3 Å². The van der Waals surface area contributed by atoms with Gasteiger partial charge in [-0.2, -0.15) is 0 Å². The standard InChI is InChI=1S/C17H17BrN2O4/c1-10(21)12-8-15(20(3)9-12)17(23)24-11(2)16(22)19-14-6-4-13(18)5-7-14/h4-9,11H,1-3H3,(H,19,22)/t11-/m1/s1. The minimum atomic E-state index is -0.975. The molecule has 1 heterocycles. The van der Waals surface area contributed by atoms with Gasteiger partial charge in [0.2, 0.25) is 0 Å². The minimum Gasteiger partial charge on any atom is -0.448 e. The van der Waals surface area contributed by atoms with Gasteiger partial charge < -0.3 is 14.6 Å². The normalized spacial score (nSPS) is 11.7. The third-order valence-corrected chi connectivity index (χ3v) is 3.91. The third kappa shape index (κ3) is 4.32. The molecule has 24 heavy (non-hydrogen) atoms. The average molecular weight is 393 g/mol. The number of halogens is 1. The molecule has 0 saturated heterocycles. The predicted molar refractivity (Wildman–Crippen MR) is 93.1 cm³/mol. The van der Waals surface area contributed by atoms with E-state index in [2.05, 4.69) is 21.2 Å². The van der Waals surface area contributed by atoms with Crippen molar-refractivity contribution in [2.75, 3.05) is 5.32 Å². The second-order valence-corrected chi connectivity index (χ2v) is 6.24. The molecule has 0 aliphatic carbocycles. The number of hydrogen-bond donors (Lipinski definition) is 1. The van der Waals surface area contributed by atoms with Crippen molar-refractivity contribution in [1.82, 2.24) is 4.57 Å². The number of ketones is 1. The highest BCUT2D eigenvalue weighted by Gasteiger charge is 2.21. The molecule has 7 heteroatoms. The number of nitrogens with zero attached hydrogens (tertiary/aromatic N) is 1. The first-order chi connectivity index (χ1) is 11.3. The number of benzene rings is 1. The van der Waals surface area contributed by atoms with E-state index in [4.69, 9.17) is 4.74 Å². The van der Waals surface area contributed by atoms with Gasteiger partial charge in [0.15, 0.2) is 11.9 Å². The van der Waals surface area contributed by atoms with Gasteiger partial charge >= 0.3 is 5.97 Å². The Hall–Kier alpha value is -2.41. The largest absolute Gasteiger partial charge is 0.448 e. The maximum absolute atomic E-state index is 12.2. The summed E-state index contributed by atoms with van der Waals surface area (Å²) >= 11 is 3.31. The molecular weight excluding hydrogens is 376 g/mol. The van der Waals surface area contributed by atoms with E-state index >= 15 is 0 Å². The van der Waals surface area contributed by atoms with Gasteiger partial charge in [0.1, 0.15) is 5.69 Å². The Balaban J connectivity index is 2.01. The number of aryl methyl sites for hydroxylation is 1. The molecular formula is C17H17BrN2O4. The Bertz CT molecular complexity index is 780. The SMILES string of the molecule is CC(=O)c1cc(C(=O)O[C@H](C)C(=O)Nc2ccc(Br)cc2)n(C)c1. The number of ether oxygens (including phenoxy) is 1. The second-order valence-electron chi connectivity index (χ2n) is 5.32. The summed E-state index contributed by atoms with van der Waals surface area (Å²) in [5.41, 5.74) is 1.23. The molecule has 1 aromatic carbocycles. The summed E-state index contributed by atoms with van der Waals surface area (Å²) in [5, 5.41) is 2.67. The Labute approximate surface area is 147 Å². The number of carbonyl (C=O) groups excluding carboxylic acids is 3. The van der Waals surface area contributed by atoms with Crippen LogP contribution in [0.25, 0.3) is 0 Å². The number of carbonyl (C=O) groups is 3. The van der Waals surface area contributed by atoms with Gasteiger partial charge in [-0.3, -0.25) is 9.59 Å². The summed E-state index contributed by atoms with van der Waals surface area (Å²) in [6.07, 6.45) is 0.572. The van der Waals surface area contributed by atoms with E-state index in [1.54, 1.807) is 37.5 Å². The Kier molecular flexibility index (Phi) is 5.56. The molecule has 6 nitrogen and oxygen atoms in total. The fourth-order valence-electron chi connectivity index (χ4n) is 2.01. The van der Waals surface area contributed by atoms with Gasteiger partial charge in [-0.15, -0.1) is 0 Å². The van der Waals surface area contributed by atoms with E-state index in [0.717, 1.165) is 4.47 Å². The number of hydrogen-bond acceptors (Lipinski definition) is 4. The molecule has 0 saturated carbocycles. The Morgan fingerprint density at radius 1 is 1.21 bits per heavy atom. The number of nitrogens with one attached hydrogen (secondary N) is 1. The number of aromatic nitrogens is 1. The topological polar surface area (TPSA) is 77.4 Å². The van der Waals surface area contributed by atoms with Gasteiger partial charge in [-0.25, -0.2) is 4.79 Å². The third-order valence-electron chi connectivity index (χ3n) is 3.39. The quantitative estimate of drug-likeness (QED) is 0.625. The van der Waals surface area contributed by atoms with Crippen LogP contribution in [0.3, 0.4) is 0 Å². The molecule has 0 unspecified atom stereocenters. The average Bonchev–Trinajstić information content (AvgIpc) is 2.91. The number of amides is 1. The van der Waals surface area contributed by atoms with E-state index < -0.39 is 18.0 Å². The molecule has 1 amide bonds. The van der Waals surface area contributed by atoms with Crippen molar-refractivity contribution < 1.29 is 19.1 Å². The summed E-state index contributed by atoms with van der Waals surface area (Å²) < 4.78 is 7.57. The smallest absolute Gasteiger partial charge is 0.355 e. The highest BCUT2D eigenvalue weighted by atomic mass is 79.9. The number of esters is 1. The highest BCUT2D eigenvalue weighted by molar-refractivity contribution is 9.10. The number of rotatable bonds is 5. The molecule has 0 fully saturated rings. The Morgan fingerprint density at radius 2 is 1.83 bits per heavy atom. The molecule has 126 valence electrons. The molecule has 1 atom stereocenters. The summed E-state index contributed by atoms with van der Waals surface area (Å²) in [7, 11) is 1.63. The van der Waals surface area contributed by atoms with Gasteiger partial charge in [-0.05, 0) is 44.2 Å². The van der Waals surface area contributed by atoms with Crippen LogP contribution in [0, 0.1) is 0 Å². The monoisotopic (exact) mass is 392 g/mol. The molecule has 1 aromatic heterocycles. The maximum Gasteiger partial charge on any atom is 0.355 e. The predicted octanol–water partition coefficient (Wildman–Crippen LogP) is 3.17. The fourth-order valence-corrected chi connectivity index (χ4v) is 2.28. The van der Waals surface area contributed by atoms with E-state index in [1.807, 2.05) is 0 Å². The van der Waals surface area contributed by atoms with Crippen LogP contribution in [0.15, 0.2) is 41.0 Å². The zero-order valence-electron chi connectivity index (χ0n) is 13.5. The maximum atomic E-state index is 12.2. The molecule has 0 aliphatic rings. The fraction of sp³-hybridized carbons (Fsp3) is 0.235. The van der Waals surface area contributed by atoms with Crippen LogP contribution < -0.4 is 5.32 Å². The molecule has 0 spiro atoms. The lowest BCUT2D eigenvalue weighted by atomic mass is 10.2. The van der Waals surface area contributed by atoms with Crippen LogP contribution >= 0.6 is 15.9 Å². The lowest BCUT2D eigenvalue weighted by Gasteiger charge is -2.13. The Morgan fingerprint density at radius 3 is 2.38 bits per heavy atom. The van der Waals surface area contributed by atoms with Crippen LogP contribution in [0.4, 0.5) is 5.69 Å².